The second-order valence-electron chi connectivity index (χ2n) is 5.48. The topological polar surface area (TPSA) is 23.5 Å². The Morgan fingerprint density at radius 1 is 1.14 bits per heavy atom. The molecule has 0 aromatic heterocycles. The lowest BCUT2D eigenvalue weighted by Gasteiger charge is -2.28. The van der Waals surface area contributed by atoms with Gasteiger partial charge in [0.25, 0.3) is 0 Å². The van der Waals surface area contributed by atoms with Crippen molar-refractivity contribution >= 4 is 5.69 Å². The number of benzene rings is 2. The highest BCUT2D eigenvalue weighted by Gasteiger charge is 2.19. The number of aliphatic hydroxyl groups is 1. The van der Waals surface area contributed by atoms with E-state index >= 15 is 0 Å². The minimum Gasteiger partial charge on any atom is -0.384 e. The number of anilines is 1. The zero-order chi connectivity index (χ0) is 15.0. The van der Waals surface area contributed by atoms with Crippen LogP contribution in [0.5, 0.6) is 0 Å². The van der Waals surface area contributed by atoms with E-state index in [2.05, 4.69) is 4.90 Å². The van der Waals surface area contributed by atoms with Crippen LogP contribution in [0.4, 0.5) is 14.5 Å². The average Bonchev–Trinajstić information content (AvgIpc) is 2.49. The van der Waals surface area contributed by atoms with Gasteiger partial charge in [-0.15, -0.1) is 0 Å². The van der Waals surface area contributed by atoms with E-state index in [1.54, 1.807) is 6.07 Å². The van der Waals surface area contributed by atoms with Gasteiger partial charge in [0.1, 0.15) is 17.7 Å². The molecule has 110 valence electrons. The highest BCUT2D eigenvalue weighted by atomic mass is 19.1. The van der Waals surface area contributed by atoms with Gasteiger partial charge in [0.05, 0.1) is 0 Å². The molecule has 0 amide bonds. The molecule has 21 heavy (non-hydrogen) atoms. The Bertz CT molecular complexity index is 672. The van der Waals surface area contributed by atoms with Crippen LogP contribution in [-0.4, -0.2) is 18.7 Å². The lowest BCUT2D eigenvalue weighted by atomic mass is 9.94. The van der Waals surface area contributed by atoms with Crippen molar-refractivity contribution in [3.05, 3.63) is 64.7 Å². The normalized spacial score (nSPS) is 15.7. The summed E-state index contributed by atoms with van der Waals surface area (Å²) in [5.41, 5.74) is 2.83. The minimum atomic E-state index is -1.15. The molecule has 0 aliphatic carbocycles. The molecule has 1 heterocycles. The SMILES string of the molecule is CN1CCCc2cc(C(O)c3cc(F)ccc3F)ccc21. The summed E-state index contributed by atoms with van der Waals surface area (Å²) >= 11 is 0. The summed E-state index contributed by atoms with van der Waals surface area (Å²) in [7, 11) is 2.03. The zero-order valence-electron chi connectivity index (χ0n) is 11.8. The summed E-state index contributed by atoms with van der Waals surface area (Å²) < 4.78 is 27.0. The van der Waals surface area contributed by atoms with Crippen LogP contribution < -0.4 is 4.90 Å². The third kappa shape index (κ3) is 2.63. The fourth-order valence-corrected chi connectivity index (χ4v) is 2.88. The van der Waals surface area contributed by atoms with Crippen molar-refractivity contribution in [3.63, 3.8) is 0 Å². The number of rotatable bonds is 2. The first-order valence-corrected chi connectivity index (χ1v) is 7.03. The molecule has 0 saturated carbocycles. The van der Waals surface area contributed by atoms with Gasteiger partial charge in [0, 0.05) is 24.8 Å². The standard InChI is InChI=1S/C17H17F2NO/c1-20-8-2-3-11-9-12(4-7-16(11)20)17(21)14-10-13(18)5-6-15(14)19/h4-7,9-10,17,21H,2-3,8H2,1H3. The van der Waals surface area contributed by atoms with E-state index in [1.807, 2.05) is 19.2 Å². The molecule has 3 rings (SSSR count). The summed E-state index contributed by atoms with van der Waals surface area (Å²) in [5.74, 6) is -1.15. The largest absolute Gasteiger partial charge is 0.384 e. The quantitative estimate of drug-likeness (QED) is 0.915. The van der Waals surface area contributed by atoms with Crippen LogP contribution in [0, 0.1) is 11.6 Å². The monoisotopic (exact) mass is 289 g/mol. The Hall–Kier alpha value is -1.94. The molecule has 1 atom stereocenters. The summed E-state index contributed by atoms with van der Waals surface area (Å²) in [6, 6.07) is 8.74. The molecule has 4 heteroatoms. The van der Waals surface area contributed by atoms with Crippen LogP contribution in [0.3, 0.4) is 0 Å². The van der Waals surface area contributed by atoms with E-state index in [1.165, 1.54) is 0 Å². The van der Waals surface area contributed by atoms with E-state index in [0.717, 1.165) is 48.8 Å². The first kappa shape index (κ1) is 14.0. The van der Waals surface area contributed by atoms with Gasteiger partial charge in [-0.2, -0.15) is 0 Å². The van der Waals surface area contributed by atoms with Crippen molar-refractivity contribution < 1.29 is 13.9 Å². The molecule has 0 saturated heterocycles. The number of nitrogens with zero attached hydrogens (tertiary/aromatic N) is 1. The molecule has 0 spiro atoms. The third-order valence-corrected chi connectivity index (χ3v) is 4.02. The molecule has 2 aromatic carbocycles. The molecule has 1 unspecified atom stereocenters. The maximum absolute atomic E-state index is 13.8. The van der Waals surface area contributed by atoms with Crippen LogP contribution >= 0.6 is 0 Å². The van der Waals surface area contributed by atoms with Gasteiger partial charge in [-0.1, -0.05) is 12.1 Å². The van der Waals surface area contributed by atoms with Gasteiger partial charge in [0.2, 0.25) is 0 Å². The Morgan fingerprint density at radius 2 is 1.95 bits per heavy atom. The predicted molar refractivity (Wildman–Crippen MR) is 78.5 cm³/mol. The molecular weight excluding hydrogens is 272 g/mol. The maximum atomic E-state index is 13.8. The minimum absolute atomic E-state index is 0.0286. The van der Waals surface area contributed by atoms with Gasteiger partial charge < -0.3 is 10.0 Å². The lowest BCUT2D eigenvalue weighted by molar-refractivity contribution is 0.214. The highest BCUT2D eigenvalue weighted by Crippen LogP contribution is 2.31. The van der Waals surface area contributed by atoms with Crippen LogP contribution in [-0.2, 0) is 6.42 Å². The third-order valence-electron chi connectivity index (χ3n) is 4.02. The fraction of sp³-hybridized carbons (Fsp3) is 0.294. The number of fused-ring (bicyclic) bond motifs is 1. The summed E-state index contributed by atoms with van der Waals surface area (Å²) in [6.45, 7) is 1.01. The number of hydrogen-bond acceptors (Lipinski definition) is 2. The molecule has 1 N–H and O–H groups in total. The number of hydrogen-bond donors (Lipinski definition) is 1. The molecular formula is C17H17F2NO. The van der Waals surface area contributed by atoms with Crippen molar-refractivity contribution in [2.75, 3.05) is 18.5 Å². The molecule has 0 bridgehead atoms. The van der Waals surface area contributed by atoms with Gasteiger partial charge in [-0.3, -0.25) is 0 Å². The molecule has 1 aliphatic heterocycles. The number of aliphatic hydroxyl groups excluding tert-OH is 1. The van der Waals surface area contributed by atoms with E-state index in [-0.39, 0.29) is 5.56 Å². The Kier molecular flexibility index (Phi) is 3.64. The van der Waals surface area contributed by atoms with Crippen molar-refractivity contribution in [1.29, 1.82) is 0 Å². The average molecular weight is 289 g/mol. The molecule has 1 aliphatic rings. The van der Waals surface area contributed by atoms with Gasteiger partial charge in [-0.05, 0) is 48.2 Å². The summed E-state index contributed by atoms with van der Waals surface area (Å²) in [4.78, 5) is 2.16. The molecule has 2 aromatic rings. The number of halogens is 2. The van der Waals surface area contributed by atoms with E-state index < -0.39 is 17.7 Å². The van der Waals surface area contributed by atoms with Gasteiger partial charge in [0.15, 0.2) is 0 Å². The van der Waals surface area contributed by atoms with Crippen molar-refractivity contribution in [1.82, 2.24) is 0 Å². The summed E-state index contributed by atoms with van der Waals surface area (Å²) in [6.07, 6.45) is 0.835. The second-order valence-corrected chi connectivity index (χ2v) is 5.48. The Labute approximate surface area is 122 Å². The lowest BCUT2D eigenvalue weighted by Crippen LogP contribution is -2.24. The first-order valence-electron chi connectivity index (χ1n) is 7.03. The zero-order valence-corrected chi connectivity index (χ0v) is 11.8. The summed E-state index contributed by atoms with van der Waals surface area (Å²) in [5, 5.41) is 10.3. The highest BCUT2D eigenvalue weighted by molar-refractivity contribution is 5.57. The smallest absolute Gasteiger partial charge is 0.129 e. The first-order chi connectivity index (χ1) is 10.1. The maximum Gasteiger partial charge on any atom is 0.129 e. The molecule has 2 nitrogen and oxygen atoms in total. The van der Waals surface area contributed by atoms with E-state index in [9.17, 15) is 13.9 Å². The van der Waals surface area contributed by atoms with Crippen LogP contribution in [0.2, 0.25) is 0 Å². The molecule has 0 fully saturated rings. The predicted octanol–water partition coefficient (Wildman–Crippen LogP) is 3.43. The van der Waals surface area contributed by atoms with Gasteiger partial charge in [-0.25, -0.2) is 8.78 Å². The van der Waals surface area contributed by atoms with Crippen LogP contribution in [0.1, 0.15) is 29.2 Å². The Balaban J connectivity index is 1.98. The fourth-order valence-electron chi connectivity index (χ4n) is 2.88. The second kappa shape index (κ2) is 5.45. The van der Waals surface area contributed by atoms with Crippen molar-refractivity contribution in [3.8, 4) is 0 Å². The van der Waals surface area contributed by atoms with Crippen LogP contribution in [0.25, 0.3) is 0 Å². The Morgan fingerprint density at radius 3 is 2.76 bits per heavy atom. The van der Waals surface area contributed by atoms with Crippen molar-refractivity contribution in [2.24, 2.45) is 0 Å². The molecule has 0 radical (unpaired) electrons. The van der Waals surface area contributed by atoms with Crippen molar-refractivity contribution in [2.45, 2.75) is 18.9 Å². The van der Waals surface area contributed by atoms with E-state index in [0.29, 0.717) is 5.56 Å². The number of aryl methyl sites for hydroxylation is 1. The van der Waals surface area contributed by atoms with E-state index in [4.69, 9.17) is 0 Å². The van der Waals surface area contributed by atoms with Crippen LogP contribution in [0.15, 0.2) is 36.4 Å². The van der Waals surface area contributed by atoms with Gasteiger partial charge >= 0.3 is 0 Å².